The molecule has 0 spiro atoms. The Morgan fingerprint density at radius 1 is 1.25 bits per heavy atom. The first kappa shape index (κ1) is 20.3. The van der Waals surface area contributed by atoms with Gasteiger partial charge in [-0.1, -0.05) is 0 Å². The largest absolute Gasteiger partial charge is 0.478 e. The summed E-state index contributed by atoms with van der Waals surface area (Å²) in [7, 11) is 0. The van der Waals surface area contributed by atoms with Crippen molar-refractivity contribution in [2.24, 2.45) is 4.99 Å². The molecule has 0 aliphatic rings. The first-order valence-corrected chi connectivity index (χ1v) is 8.02. The number of nitrogens with zero attached hydrogens (tertiary/aromatic N) is 3. The quantitative estimate of drug-likeness (QED) is 0.374. The number of rotatable bonds is 8. The van der Waals surface area contributed by atoms with E-state index < -0.39 is 0 Å². The smallest absolute Gasteiger partial charge is 0.213 e. The molecule has 7 heteroatoms. The van der Waals surface area contributed by atoms with E-state index in [0.29, 0.717) is 19.0 Å². The van der Waals surface area contributed by atoms with E-state index in [1.165, 1.54) is 0 Å². The molecule has 2 aromatic heterocycles. The molecule has 2 N–H and O–H groups in total. The fourth-order valence-electron chi connectivity index (χ4n) is 2.11. The summed E-state index contributed by atoms with van der Waals surface area (Å²) in [6.45, 7) is 7.76. The Morgan fingerprint density at radius 3 is 2.75 bits per heavy atom. The molecule has 132 valence electrons. The second kappa shape index (κ2) is 11.7. The SMILES string of the molecule is CCNC(=NCc1ccnc(OCC)c1)NCCn1cccc1.I. The van der Waals surface area contributed by atoms with E-state index in [0.717, 1.165) is 31.2 Å². The van der Waals surface area contributed by atoms with Crippen molar-refractivity contribution in [2.45, 2.75) is 26.9 Å². The third-order valence-corrected chi connectivity index (χ3v) is 3.18. The lowest BCUT2D eigenvalue weighted by molar-refractivity contribution is 0.326. The van der Waals surface area contributed by atoms with Crippen LogP contribution < -0.4 is 15.4 Å². The van der Waals surface area contributed by atoms with E-state index in [-0.39, 0.29) is 24.0 Å². The van der Waals surface area contributed by atoms with Crippen molar-refractivity contribution in [1.29, 1.82) is 0 Å². The van der Waals surface area contributed by atoms with Gasteiger partial charge in [-0.3, -0.25) is 0 Å². The molecule has 0 bridgehead atoms. The molecule has 2 aromatic rings. The second-order valence-electron chi connectivity index (χ2n) is 4.98. The minimum atomic E-state index is 0. The van der Waals surface area contributed by atoms with Crippen molar-refractivity contribution >= 4 is 29.9 Å². The van der Waals surface area contributed by atoms with Crippen molar-refractivity contribution in [1.82, 2.24) is 20.2 Å². The molecular weight excluding hydrogens is 417 g/mol. The van der Waals surface area contributed by atoms with Crippen LogP contribution in [0.4, 0.5) is 0 Å². The first-order valence-electron chi connectivity index (χ1n) is 8.02. The van der Waals surface area contributed by atoms with Crippen LogP contribution in [0, 0.1) is 0 Å². The van der Waals surface area contributed by atoms with Crippen LogP contribution >= 0.6 is 24.0 Å². The van der Waals surface area contributed by atoms with Crippen LogP contribution in [0.25, 0.3) is 0 Å². The molecule has 0 unspecified atom stereocenters. The summed E-state index contributed by atoms with van der Waals surface area (Å²) in [5.74, 6) is 1.46. The zero-order valence-electron chi connectivity index (χ0n) is 14.2. The van der Waals surface area contributed by atoms with Crippen LogP contribution in [0.3, 0.4) is 0 Å². The molecule has 0 aromatic carbocycles. The molecule has 6 nitrogen and oxygen atoms in total. The van der Waals surface area contributed by atoms with E-state index in [4.69, 9.17) is 4.74 Å². The normalized spacial score (nSPS) is 10.8. The standard InChI is InChI=1S/C17H25N5O.HI/c1-3-18-17(20-9-12-22-10-5-6-11-22)21-14-15-7-8-19-16(13-15)23-4-2;/h5-8,10-11,13H,3-4,9,12,14H2,1-2H3,(H2,18,20,21);1H. The number of hydrogen-bond donors (Lipinski definition) is 2. The van der Waals surface area contributed by atoms with Gasteiger partial charge < -0.3 is 19.9 Å². The van der Waals surface area contributed by atoms with Gasteiger partial charge in [0.2, 0.25) is 5.88 Å². The van der Waals surface area contributed by atoms with Crippen LogP contribution in [0.5, 0.6) is 5.88 Å². The highest BCUT2D eigenvalue weighted by atomic mass is 127. The zero-order valence-corrected chi connectivity index (χ0v) is 16.6. The molecule has 0 radical (unpaired) electrons. The Labute approximate surface area is 160 Å². The lowest BCUT2D eigenvalue weighted by Crippen LogP contribution is -2.38. The number of ether oxygens (including phenoxy) is 1. The fraction of sp³-hybridized carbons (Fsp3) is 0.412. The average Bonchev–Trinajstić information content (AvgIpc) is 3.07. The maximum atomic E-state index is 5.41. The summed E-state index contributed by atoms with van der Waals surface area (Å²) in [4.78, 5) is 8.77. The summed E-state index contributed by atoms with van der Waals surface area (Å²) in [6.07, 6.45) is 5.86. The molecule has 0 aliphatic heterocycles. The Balaban J connectivity index is 0.00000288. The Bertz CT molecular complexity index is 601. The Morgan fingerprint density at radius 2 is 2.04 bits per heavy atom. The number of aromatic nitrogens is 2. The summed E-state index contributed by atoms with van der Waals surface area (Å²) >= 11 is 0. The lowest BCUT2D eigenvalue weighted by Gasteiger charge is -2.12. The highest BCUT2D eigenvalue weighted by molar-refractivity contribution is 14.0. The molecule has 2 heterocycles. The van der Waals surface area contributed by atoms with Gasteiger partial charge in [0.25, 0.3) is 0 Å². The third-order valence-electron chi connectivity index (χ3n) is 3.18. The molecule has 0 saturated carbocycles. The van der Waals surface area contributed by atoms with Crippen LogP contribution in [0.2, 0.25) is 0 Å². The second-order valence-corrected chi connectivity index (χ2v) is 4.98. The lowest BCUT2D eigenvalue weighted by atomic mass is 10.3. The van der Waals surface area contributed by atoms with Crippen LogP contribution in [-0.2, 0) is 13.1 Å². The maximum Gasteiger partial charge on any atom is 0.213 e. The van der Waals surface area contributed by atoms with Crippen LogP contribution in [-0.4, -0.2) is 35.2 Å². The van der Waals surface area contributed by atoms with E-state index in [9.17, 15) is 0 Å². The molecule has 0 fully saturated rings. The molecule has 0 amide bonds. The van der Waals surface area contributed by atoms with Crippen molar-refractivity contribution in [3.63, 3.8) is 0 Å². The van der Waals surface area contributed by atoms with Gasteiger partial charge in [0.1, 0.15) is 0 Å². The number of hydrogen-bond acceptors (Lipinski definition) is 3. The number of guanidine groups is 1. The molecule has 0 aliphatic carbocycles. The molecule has 24 heavy (non-hydrogen) atoms. The number of pyridine rings is 1. The molecule has 0 atom stereocenters. The minimum Gasteiger partial charge on any atom is -0.478 e. The van der Waals surface area contributed by atoms with Gasteiger partial charge in [-0.15, -0.1) is 24.0 Å². The van der Waals surface area contributed by atoms with E-state index in [1.807, 2.05) is 31.2 Å². The highest BCUT2D eigenvalue weighted by Crippen LogP contribution is 2.10. The van der Waals surface area contributed by atoms with Crippen molar-refractivity contribution in [2.75, 3.05) is 19.7 Å². The van der Waals surface area contributed by atoms with Gasteiger partial charge in [-0.2, -0.15) is 0 Å². The van der Waals surface area contributed by atoms with Gasteiger partial charge in [0, 0.05) is 44.3 Å². The van der Waals surface area contributed by atoms with E-state index in [2.05, 4.69) is 44.5 Å². The summed E-state index contributed by atoms with van der Waals surface area (Å²) in [5, 5.41) is 6.60. The van der Waals surface area contributed by atoms with Crippen LogP contribution in [0.15, 0.2) is 47.8 Å². The number of aliphatic imine (C=N–C) groups is 1. The van der Waals surface area contributed by atoms with E-state index >= 15 is 0 Å². The summed E-state index contributed by atoms with van der Waals surface area (Å²) in [5.41, 5.74) is 1.08. The maximum absolute atomic E-state index is 5.41. The molecule has 0 saturated heterocycles. The predicted octanol–water partition coefficient (Wildman–Crippen LogP) is 2.66. The van der Waals surface area contributed by atoms with Crippen LogP contribution in [0.1, 0.15) is 19.4 Å². The van der Waals surface area contributed by atoms with Crippen molar-refractivity contribution < 1.29 is 4.74 Å². The Kier molecular flexibility index (Phi) is 9.90. The monoisotopic (exact) mass is 443 g/mol. The first-order chi connectivity index (χ1) is 11.3. The minimum absolute atomic E-state index is 0. The van der Waals surface area contributed by atoms with Gasteiger partial charge in [0.05, 0.1) is 13.2 Å². The topological polar surface area (TPSA) is 63.5 Å². The third kappa shape index (κ3) is 7.20. The Hall–Kier alpha value is -1.77. The van der Waals surface area contributed by atoms with Gasteiger partial charge in [-0.25, -0.2) is 9.98 Å². The molecule has 2 rings (SSSR count). The van der Waals surface area contributed by atoms with Gasteiger partial charge in [-0.05, 0) is 37.6 Å². The zero-order chi connectivity index (χ0) is 16.3. The van der Waals surface area contributed by atoms with Gasteiger partial charge in [0.15, 0.2) is 5.96 Å². The van der Waals surface area contributed by atoms with Crippen molar-refractivity contribution in [3.8, 4) is 5.88 Å². The average molecular weight is 443 g/mol. The van der Waals surface area contributed by atoms with Crippen molar-refractivity contribution in [3.05, 3.63) is 48.4 Å². The highest BCUT2D eigenvalue weighted by Gasteiger charge is 2.00. The molecular formula is C17H26IN5O. The van der Waals surface area contributed by atoms with E-state index in [1.54, 1.807) is 6.20 Å². The predicted molar refractivity (Wildman–Crippen MR) is 108 cm³/mol. The summed E-state index contributed by atoms with van der Waals surface area (Å²) < 4.78 is 7.55. The number of halogens is 1. The number of nitrogens with one attached hydrogen (secondary N) is 2. The van der Waals surface area contributed by atoms with Gasteiger partial charge >= 0.3 is 0 Å². The summed E-state index contributed by atoms with van der Waals surface area (Å²) in [6, 6.07) is 7.93. The fourth-order valence-corrected chi connectivity index (χ4v) is 2.11.